The highest BCUT2D eigenvalue weighted by atomic mass is 16.3. The zero-order valence-electron chi connectivity index (χ0n) is 13.5. The molecule has 0 bridgehead atoms. The van der Waals surface area contributed by atoms with Crippen LogP contribution < -0.4 is 5.32 Å². The fraction of sp³-hybridized carbons (Fsp3) is 0.765. The third kappa shape index (κ3) is 7.07. The average Bonchev–Trinajstić information content (AvgIpc) is 3.01. The Labute approximate surface area is 133 Å². The third-order valence-electron chi connectivity index (χ3n) is 4.57. The Morgan fingerprint density at radius 2 is 1.95 bits per heavy atom. The molecule has 0 radical (unpaired) electrons. The van der Waals surface area contributed by atoms with Crippen molar-refractivity contribution in [2.45, 2.75) is 57.4 Å². The van der Waals surface area contributed by atoms with Crippen molar-refractivity contribution in [1.29, 1.82) is 0 Å². The van der Waals surface area contributed by atoms with Gasteiger partial charge in [-0.3, -0.25) is 9.59 Å². The van der Waals surface area contributed by atoms with Gasteiger partial charge < -0.3 is 15.3 Å². The molecule has 5 nitrogen and oxygen atoms in total. The van der Waals surface area contributed by atoms with Crippen LogP contribution in [0.1, 0.15) is 51.4 Å². The van der Waals surface area contributed by atoms with Crippen LogP contribution in [0, 0.1) is 5.92 Å². The van der Waals surface area contributed by atoms with Crippen LogP contribution in [0.4, 0.5) is 0 Å². The van der Waals surface area contributed by atoms with Crippen LogP contribution in [-0.2, 0) is 9.59 Å². The Morgan fingerprint density at radius 1 is 1.27 bits per heavy atom. The summed E-state index contributed by atoms with van der Waals surface area (Å²) in [5, 5.41) is 9.96. The molecule has 2 rings (SSSR count). The number of nitrogens with one attached hydrogen (secondary N) is 1. The lowest BCUT2D eigenvalue weighted by Gasteiger charge is -2.31. The van der Waals surface area contributed by atoms with E-state index in [1.54, 1.807) is 6.08 Å². The number of hydrogen-bond donors (Lipinski definition) is 2. The molecule has 0 aromatic rings. The van der Waals surface area contributed by atoms with Crippen molar-refractivity contribution in [3.63, 3.8) is 0 Å². The van der Waals surface area contributed by atoms with Gasteiger partial charge in [0.2, 0.25) is 5.91 Å². The third-order valence-corrected chi connectivity index (χ3v) is 4.57. The predicted octanol–water partition coefficient (Wildman–Crippen LogP) is 2.42. The first-order valence-electron chi connectivity index (χ1n) is 8.40. The Bertz CT molecular complexity index is 341. The number of carboxylic acid groups (broad SMARTS) is 1. The molecule has 2 N–H and O–H groups in total. The lowest BCUT2D eigenvalue weighted by molar-refractivity contribution is -0.123. The smallest absolute Gasteiger partial charge is 0.290 e. The number of allylic oxidation sites excluding steroid dienone is 1. The summed E-state index contributed by atoms with van der Waals surface area (Å²) >= 11 is 0. The van der Waals surface area contributed by atoms with Gasteiger partial charge in [-0.2, -0.15) is 0 Å². The minimum Gasteiger partial charge on any atom is -0.483 e. The SMILES string of the molecule is C=CCCC(=O)NCC1CCN(C2CCCCC2)C1.O=CO. The van der Waals surface area contributed by atoms with Gasteiger partial charge >= 0.3 is 0 Å². The Kier molecular flexibility index (Phi) is 9.55. The molecular weight excluding hydrogens is 280 g/mol. The second kappa shape index (κ2) is 11.2. The van der Waals surface area contributed by atoms with E-state index in [2.05, 4.69) is 16.8 Å². The Hall–Kier alpha value is -1.36. The molecular formula is C17H30N2O3. The molecule has 1 heterocycles. The molecule has 1 atom stereocenters. The fourth-order valence-corrected chi connectivity index (χ4v) is 3.39. The zero-order valence-corrected chi connectivity index (χ0v) is 13.5. The molecule has 0 aromatic carbocycles. The van der Waals surface area contributed by atoms with E-state index in [-0.39, 0.29) is 12.4 Å². The van der Waals surface area contributed by atoms with Crippen LogP contribution in [0.15, 0.2) is 12.7 Å². The molecule has 126 valence electrons. The molecule has 5 heteroatoms. The van der Waals surface area contributed by atoms with Crippen molar-refractivity contribution in [3.8, 4) is 0 Å². The first-order valence-corrected chi connectivity index (χ1v) is 8.40. The van der Waals surface area contributed by atoms with E-state index in [9.17, 15) is 4.79 Å². The largest absolute Gasteiger partial charge is 0.483 e. The Morgan fingerprint density at radius 3 is 2.59 bits per heavy atom. The van der Waals surface area contributed by atoms with Crippen molar-refractivity contribution in [3.05, 3.63) is 12.7 Å². The van der Waals surface area contributed by atoms with Crippen molar-refractivity contribution in [2.75, 3.05) is 19.6 Å². The first-order chi connectivity index (χ1) is 10.7. The summed E-state index contributed by atoms with van der Waals surface area (Å²) in [5.74, 6) is 0.839. The van der Waals surface area contributed by atoms with E-state index in [0.717, 1.165) is 19.0 Å². The standard InChI is InChI=1S/C16H28N2O.CH2O2/c1-2-3-9-16(19)17-12-14-10-11-18(13-14)15-7-5-4-6-8-15;2-1-3/h2,14-15H,1,3-13H2,(H,17,19);1H,(H,2,3). The predicted molar refractivity (Wildman–Crippen MR) is 87.7 cm³/mol. The van der Waals surface area contributed by atoms with Crippen molar-refractivity contribution >= 4 is 12.4 Å². The summed E-state index contributed by atoms with van der Waals surface area (Å²) < 4.78 is 0. The molecule has 1 unspecified atom stereocenters. The minimum atomic E-state index is -0.250. The topological polar surface area (TPSA) is 69.6 Å². The minimum absolute atomic E-state index is 0.177. The van der Waals surface area contributed by atoms with E-state index < -0.39 is 0 Å². The lowest BCUT2D eigenvalue weighted by Crippen LogP contribution is -2.36. The fourth-order valence-electron chi connectivity index (χ4n) is 3.39. The second-order valence-electron chi connectivity index (χ2n) is 6.18. The van der Waals surface area contributed by atoms with E-state index in [4.69, 9.17) is 9.90 Å². The number of likely N-dealkylation sites (tertiary alicyclic amines) is 1. The van der Waals surface area contributed by atoms with Crippen LogP contribution in [-0.4, -0.2) is 48.1 Å². The van der Waals surface area contributed by atoms with Crippen molar-refractivity contribution in [1.82, 2.24) is 10.2 Å². The van der Waals surface area contributed by atoms with Gasteiger partial charge in [-0.25, -0.2) is 0 Å². The first kappa shape index (κ1) is 18.7. The number of hydrogen-bond acceptors (Lipinski definition) is 3. The van der Waals surface area contributed by atoms with Crippen molar-refractivity contribution < 1.29 is 14.7 Å². The van der Waals surface area contributed by atoms with E-state index >= 15 is 0 Å². The molecule has 2 fully saturated rings. The summed E-state index contributed by atoms with van der Waals surface area (Å²) in [6.45, 7) is 6.68. The Balaban J connectivity index is 0.000000745. The highest BCUT2D eigenvalue weighted by Crippen LogP contribution is 2.27. The highest BCUT2D eigenvalue weighted by molar-refractivity contribution is 5.75. The summed E-state index contributed by atoms with van der Waals surface area (Å²) in [5.41, 5.74) is 0. The van der Waals surface area contributed by atoms with Gasteiger partial charge in [0, 0.05) is 25.6 Å². The number of amides is 1. The molecule has 0 spiro atoms. The zero-order chi connectivity index (χ0) is 16.2. The van der Waals surface area contributed by atoms with E-state index in [0.29, 0.717) is 12.3 Å². The molecule has 0 aromatic heterocycles. The van der Waals surface area contributed by atoms with E-state index in [1.807, 2.05) is 0 Å². The number of rotatable bonds is 6. The number of carbonyl (C=O) groups excluding carboxylic acids is 1. The maximum absolute atomic E-state index is 11.6. The van der Waals surface area contributed by atoms with Gasteiger partial charge in [0.15, 0.2) is 0 Å². The van der Waals surface area contributed by atoms with Gasteiger partial charge in [0.25, 0.3) is 6.47 Å². The second-order valence-corrected chi connectivity index (χ2v) is 6.18. The molecule has 22 heavy (non-hydrogen) atoms. The van der Waals surface area contributed by atoms with Crippen LogP contribution in [0.2, 0.25) is 0 Å². The van der Waals surface area contributed by atoms with E-state index in [1.165, 1.54) is 51.6 Å². The normalized spacial score (nSPS) is 22.5. The van der Waals surface area contributed by atoms with Crippen LogP contribution in [0.3, 0.4) is 0 Å². The molecule has 1 saturated carbocycles. The van der Waals surface area contributed by atoms with Gasteiger partial charge in [-0.1, -0.05) is 25.3 Å². The lowest BCUT2D eigenvalue weighted by atomic mass is 9.94. The van der Waals surface area contributed by atoms with Gasteiger partial charge in [-0.05, 0) is 38.1 Å². The summed E-state index contributed by atoms with van der Waals surface area (Å²) in [6, 6.07) is 0.829. The number of nitrogens with zero attached hydrogens (tertiary/aromatic N) is 1. The van der Waals surface area contributed by atoms with Crippen LogP contribution >= 0.6 is 0 Å². The van der Waals surface area contributed by atoms with Crippen LogP contribution in [0.5, 0.6) is 0 Å². The van der Waals surface area contributed by atoms with Crippen LogP contribution in [0.25, 0.3) is 0 Å². The maximum atomic E-state index is 11.6. The van der Waals surface area contributed by atoms with Gasteiger partial charge in [0.1, 0.15) is 0 Å². The maximum Gasteiger partial charge on any atom is 0.290 e. The molecule has 2 aliphatic rings. The molecule has 1 aliphatic heterocycles. The van der Waals surface area contributed by atoms with Crippen molar-refractivity contribution in [2.24, 2.45) is 5.92 Å². The highest BCUT2D eigenvalue weighted by Gasteiger charge is 2.28. The monoisotopic (exact) mass is 310 g/mol. The number of carbonyl (C=O) groups is 2. The van der Waals surface area contributed by atoms with Gasteiger partial charge in [0.05, 0.1) is 0 Å². The molecule has 1 amide bonds. The molecule has 1 saturated heterocycles. The summed E-state index contributed by atoms with van der Waals surface area (Å²) in [4.78, 5) is 22.6. The summed E-state index contributed by atoms with van der Waals surface area (Å²) in [6.07, 6.45) is 11.4. The summed E-state index contributed by atoms with van der Waals surface area (Å²) in [7, 11) is 0. The molecule has 1 aliphatic carbocycles. The average molecular weight is 310 g/mol. The quantitative estimate of drug-likeness (QED) is 0.584. The van der Waals surface area contributed by atoms with Gasteiger partial charge in [-0.15, -0.1) is 6.58 Å².